The Morgan fingerprint density at radius 3 is 2.31 bits per heavy atom. The van der Waals surface area contributed by atoms with E-state index in [1.165, 1.54) is 0 Å². The molecule has 0 spiro atoms. The molecule has 1 N–H and O–H groups in total. The third kappa shape index (κ3) is 6.75. The van der Waals surface area contributed by atoms with Crippen LogP contribution in [0.25, 0.3) is 0 Å². The van der Waals surface area contributed by atoms with Gasteiger partial charge in [-0.1, -0.05) is 6.58 Å². The van der Waals surface area contributed by atoms with E-state index in [0.717, 1.165) is 23.1 Å². The van der Waals surface area contributed by atoms with E-state index in [-0.39, 0.29) is 6.23 Å². The summed E-state index contributed by atoms with van der Waals surface area (Å²) in [4.78, 5) is 0. The van der Waals surface area contributed by atoms with Gasteiger partial charge in [-0.05, 0) is 12.5 Å². The van der Waals surface area contributed by atoms with Gasteiger partial charge in [-0.15, -0.1) is 0 Å². The van der Waals surface area contributed by atoms with Crippen LogP contribution in [0.4, 0.5) is 0 Å². The summed E-state index contributed by atoms with van der Waals surface area (Å²) in [7, 11) is 8.21. The summed E-state index contributed by atoms with van der Waals surface area (Å²) in [6.07, 6.45) is -0.00782. The van der Waals surface area contributed by atoms with Crippen LogP contribution < -0.4 is 5.32 Å². The molecule has 0 aromatic heterocycles. The lowest BCUT2D eigenvalue weighted by Crippen LogP contribution is -2.43. The van der Waals surface area contributed by atoms with Crippen molar-refractivity contribution in [2.45, 2.75) is 13.2 Å². The van der Waals surface area contributed by atoms with Gasteiger partial charge in [0.2, 0.25) is 0 Å². The molecule has 13 heavy (non-hydrogen) atoms. The summed E-state index contributed by atoms with van der Waals surface area (Å²) < 4.78 is 6.17. The number of quaternary nitrogens is 1. The summed E-state index contributed by atoms with van der Waals surface area (Å²) in [5.74, 6) is 0. The molecule has 0 amide bonds. The lowest BCUT2D eigenvalue weighted by molar-refractivity contribution is -0.869. The Morgan fingerprint density at radius 2 is 2.00 bits per heavy atom. The molecular formula is C10H23N2O+. The zero-order chi connectivity index (χ0) is 10.5. The maximum Gasteiger partial charge on any atom is 0.129 e. The van der Waals surface area contributed by atoms with Crippen LogP contribution in [0.2, 0.25) is 0 Å². The molecule has 0 bridgehead atoms. The van der Waals surface area contributed by atoms with Gasteiger partial charge in [-0.3, -0.25) is 5.32 Å². The zero-order valence-electron chi connectivity index (χ0n) is 9.55. The van der Waals surface area contributed by atoms with Crippen molar-refractivity contribution in [3.8, 4) is 0 Å². The van der Waals surface area contributed by atoms with Crippen molar-refractivity contribution in [2.24, 2.45) is 0 Å². The van der Waals surface area contributed by atoms with Crippen LogP contribution in [0.1, 0.15) is 6.92 Å². The predicted molar refractivity (Wildman–Crippen MR) is 56.5 cm³/mol. The van der Waals surface area contributed by atoms with Gasteiger partial charge >= 0.3 is 0 Å². The van der Waals surface area contributed by atoms with Gasteiger partial charge in [0.15, 0.2) is 0 Å². The Balaban J connectivity index is 3.68. The molecule has 3 heteroatoms. The van der Waals surface area contributed by atoms with E-state index in [9.17, 15) is 0 Å². The topological polar surface area (TPSA) is 21.3 Å². The van der Waals surface area contributed by atoms with Crippen LogP contribution in [0.15, 0.2) is 12.2 Å². The maximum atomic E-state index is 5.21. The molecule has 0 aromatic rings. The van der Waals surface area contributed by atoms with Crippen molar-refractivity contribution in [2.75, 3.05) is 41.3 Å². The monoisotopic (exact) mass is 187 g/mol. The Morgan fingerprint density at radius 1 is 1.46 bits per heavy atom. The minimum atomic E-state index is -0.00782. The molecule has 0 rings (SSSR count). The van der Waals surface area contributed by atoms with Crippen molar-refractivity contribution < 1.29 is 9.22 Å². The first-order valence-electron chi connectivity index (χ1n) is 4.59. The molecule has 3 nitrogen and oxygen atoms in total. The fourth-order valence-corrected chi connectivity index (χ4v) is 0.990. The molecule has 0 aliphatic heterocycles. The maximum absolute atomic E-state index is 5.21. The number of hydrogen-bond acceptors (Lipinski definition) is 2. The standard InChI is InChI=1S/C10H23N2O/c1-9(2)10(13-6)11-7-8-12(3,4)5/h10-11H,1,7-8H2,2-6H3/q+1. The van der Waals surface area contributed by atoms with E-state index in [1.54, 1.807) is 7.11 Å². The number of likely N-dealkylation sites (N-methyl/N-ethyl adjacent to an activating group) is 1. The largest absolute Gasteiger partial charge is 0.363 e. The zero-order valence-corrected chi connectivity index (χ0v) is 9.55. The molecule has 0 aliphatic carbocycles. The van der Waals surface area contributed by atoms with Gasteiger partial charge in [-0.2, -0.15) is 0 Å². The molecule has 1 unspecified atom stereocenters. The fraction of sp³-hybridized carbons (Fsp3) is 0.800. The summed E-state index contributed by atoms with van der Waals surface area (Å²) in [6.45, 7) is 7.83. The van der Waals surface area contributed by atoms with Gasteiger partial charge in [-0.25, -0.2) is 0 Å². The molecule has 0 aromatic carbocycles. The van der Waals surface area contributed by atoms with Crippen LogP contribution in [0.5, 0.6) is 0 Å². The van der Waals surface area contributed by atoms with Crippen molar-refractivity contribution in [1.29, 1.82) is 0 Å². The SMILES string of the molecule is C=C(C)C(NCC[N+](C)(C)C)OC. The van der Waals surface area contributed by atoms with E-state index in [0.29, 0.717) is 0 Å². The van der Waals surface area contributed by atoms with Gasteiger partial charge in [0.05, 0.1) is 27.7 Å². The average molecular weight is 187 g/mol. The third-order valence-corrected chi connectivity index (χ3v) is 1.80. The number of nitrogens with zero attached hydrogens (tertiary/aromatic N) is 1. The normalized spacial score (nSPS) is 14.2. The Kier molecular flexibility index (Phi) is 5.21. The predicted octanol–water partition coefficient (Wildman–Crippen LogP) is 0.831. The number of methoxy groups -OCH3 is 1. The van der Waals surface area contributed by atoms with Gasteiger partial charge in [0.25, 0.3) is 0 Å². The first-order chi connectivity index (χ1) is 5.87. The molecule has 0 fully saturated rings. The molecule has 78 valence electrons. The van der Waals surface area contributed by atoms with Gasteiger partial charge < -0.3 is 9.22 Å². The van der Waals surface area contributed by atoms with Crippen molar-refractivity contribution in [1.82, 2.24) is 5.32 Å². The van der Waals surface area contributed by atoms with Crippen LogP contribution in [-0.2, 0) is 4.74 Å². The number of rotatable bonds is 6. The quantitative estimate of drug-likeness (QED) is 0.378. The smallest absolute Gasteiger partial charge is 0.129 e. The van der Waals surface area contributed by atoms with Crippen LogP contribution in [0, 0.1) is 0 Å². The second-order valence-electron chi connectivity index (χ2n) is 4.43. The van der Waals surface area contributed by atoms with E-state index >= 15 is 0 Å². The minimum Gasteiger partial charge on any atom is -0.363 e. The van der Waals surface area contributed by atoms with Crippen LogP contribution >= 0.6 is 0 Å². The fourth-order valence-electron chi connectivity index (χ4n) is 0.990. The highest BCUT2D eigenvalue weighted by Gasteiger charge is 2.10. The van der Waals surface area contributed by atoms with Crippen molar-refractivity contribution in [3.63, 3.8) is 0 Å². The number of nitrogens with one attached hydrogen (secondary N) is 1. The summed E-state index contributed by atoms with van der Waals surface area (Å²) in [5, 5.41) is 3.29. The van der Waals surface area contributed by atoms with E-state index in [1.807, 2.05) is 6.92 Å². The highest BCUT2D eigenvalue weighted by atomic mass is 16.5. The molecule has 0 aliphatic rings. The molecule has 0 saturated heterocycles. The highest BCUT2D eigenvalue weighted by Crippen LogP contribution is 1.98. The third-order valence-electron chi connectivity index (χ3n) is 1.80. The van der Waals surface area contributed by atoms with Crippen molar-refractivity contribution >= 4 is 0 Å². The Labute approximate surface area is 82.0 Å². The lowest BCUT2D eigenvalue weighted by Gasteiger charge is -2.25. The molecular weight excluding hydrogens is 164 g/mol. The highest BCUT2D eigenvalue weighted by molar-refractivity contribution is 4.95. The molecule has 0 radical (unpaired) electrons. The molecule has 1 atom stereocenters. The Hall–Kier alpha value is -0.380. The van der Waals surface area contributed by atoms with E-state index in [2.05, 4.69) is 33.0 Å². The number of hydrogen-bond donors (Lipinski definition) is 1. The van der Waals surface area contributed by atoms with Crippen LogP contribution in [-0.4, -0.2) is 52.1 Å². The van der Waals surface area contributed by atoms with E-state index in [4.69, 9.17) is 4.74 Å². The van der Waals surface area contributed by atoms with E-state index < -0.39 is 0 Å². The number of ether oxygens (including phenoxy) is 1. The first-order valence-corrected chi connectivity index (χ1v) is 4.59. The summed E-state index contributed by atoms with van der Waals surface area (Å²) in [5.41, 5.74) is 1.02. The van der Waals surface area contributed by atoms with Gasteiger partial charge in [0, 0.05) is 13.7 Å². The average Bonchev–Trinajstić information content (AvgIpc) is 1.95. The minimum absolute atomic E-state index is 0.00782. The second kappa shape index (κ2) is 5.37. The summed E-state index contributed by atoms with van der Waals surface area (Å²) in [6, 6.07) is 0. The van der Waals surface area contributed by atoms with Crippen LogP contribution in [0.3, 0.4) is 0 Å². The second-order valence-corrected chi connectivity index (χ2v) is 4.43. The Bertz CT molecular complexity index is 161. The summed E-state index contributed by atoms with van der Waals surface area (Å²) >= 11 is 0. The first kappa shape index (κ1) is 12.6. The van der Waals surface area contributed by atoms with Gasteiger partial charge in [0.1, 0.15) is 6.23 Å². The molecule has 0 saturated carbocycles. The molecule has 0 heterocycles. The van der Waals surface area contributed by atoms with Crippen molar-refractivity contribution in [3.05, 3.63) is 12.2 Å². The lowest BCUT2D eigenvalue weighted by atomic mass is 10.3.